The SMILES string of the molecule is CC(C)(C)NCCOc1ccncc1NC(=O)C1=C(O)CCc2c1nc1ccccn21. The van der Waals surface area contributed by atoms with Crippen molar-refractivity contribution in [2.75, 3.05) is 18.5 Å². The van der Waals surface area contributed by atoms with Crippen LogP contribution in [0, 0.1) is 0 Å². The number of hydrogen-bond donors (Lipinski definition) is 3. The van der Waals surface area contributed by atoms with Crippen molar-refractivity contribution in [3.63, 3.8) is 0 Å². The Labute approximate surface area is 181 Å². The summed E-state index contributed by atoms with van der Waals surface area (Å²) in [6.07, 6.45) is 6.06. The second kappa shape index (κ2) is 8.39. The average Bonchev–Trinajstić information content (AvgIpc) is 3.09. The number of aliphatic hydroxyl groups is 1. The van der Waals surface area contributed by atoms with Gasteiger partial charge in [0.05, 0.1) is 11.9 Å². The summed E-state index contributed by atoms with van der Waals surface area (Å²) in [7, 11) is 0. The molecule has 0 spiro atoms. The Kier molecular flexibility index (Phi) is 5.65. The van der Waals surface area contributed by atoms with Crippen LogP contribution in [0.3, 0.4) is 0 Å². The number of carbonyl (C=O) groups is 1. The Morgan fingerprint density at radius 2 is 2.10 bits per heavy atom. The average molecular weight is 422 g/mol. The number of aliphatic hydroxyl groups excluding tert-OH is 1. The normalized spacial score (nSPS) is 13.9. The number of imidazole rings is 1. The van der Waals surface area contributed by atoms with E-state index in [-0.39, 0.29) is 16.9 Å². The fourth-order valence-electron chi connectivity index (χ4n) is 3.60. The molecule has 162 valence electrons. The fourth-order valence-corrected chi connectivity index (χ4v) is 3.60. The number of allylic oxidation sites excluding steroid dienone is 1. The molecule has 0 saturated carbocycles. The molecular weight excluding hydrogens is 394 g/mol. The Morgan fingerprint density at radius 3 is 2.90 bits per heavy atom. The van der Waals surface area contributed by atoms with E-state index < -0.39 is 5.91 Å². The lowest BCUT2D eigenvalue weighted by molar-refractivity contribution is -0.111. The lowest BCUT2D eigenvalue weighted by Gasteiger charge is -2.21. The maximum atomic E-state index is 13.2. The lowest BCUT2D eigenvalue weighted by Crippen LogP contribution is -2.38. The molecular formula is C23H27N5O3. The molecule has 8 nitrogen and oxygen atoms in total. The molecule has 0 fully saturated rings. The van der Waals surface area contributed by atoms with Crippen molar-refractivity contribution in [3.8, 4) is 5.75 Å². The number of aryl methyl sites for hydroxylation is 1. The number of fused-ring (bicyclic) bond motifs is 3. The number of nitrogens with zero attached hydrogens (tertiary/aromatic N) is 3. The number of carbonyl (C=O) groups excluding carboxylic acids is 1. The molecule has 1 aliphatic rings. The lowest BCUT2D eigenvalue weighted by atomic mass is 9.97. The van der Waals surface area contributed by atoms with E-state index in [4.69, 9.17) is 4.74 Å². The predicted molar refractivity (Wildman–Crippen MR) is 119 cm³/mol. The van der Waals surface area contributed by atoms with Crippen LogP contribution in [0.25, 0.3) is 11.2 Å². The highest BCUT2D eigenvalue weighted by Crippen LogP contribution is 2.32. The molecule has 0 radical (unpaired) electrons. The van der Waals surface area contributed by atoms with Crippen molar-refractivity contribution in [2.45, 2.75) is 39.2 Å². The summed E-state index contributed by atoms with van der Waals surface area (Å²) in [5.41, 5.74) is 2.79. The van der Waals surface area contributed by atoms with E-state index in [0.717, 1.165) is 11.3 Å². The van der Waals surface area contributed by atoms with E-state index in [2.05, 4.69) is 41.4 Å². The van der Waals surface area contributed by atoms with Crippen LogP contribution >= 0.6 is 0 Å². The van der Waals surface area contributed by atoms with Gasteiger partial charge in [0, 0.05) is 37.0 Å². The van der Waals surface area contributed by atoms with Crippen molar-refractivity contribution in [2.24, 2.45) is 0 Å². The number of ether oxygens (including phenoxy) is 1. The number of anilines is 1. The van der Waals surface area contributed by atoms with Crippen molar-refractivity contribution in [1.29, 1.82) is 0 Å². The van der Waals surface area contributed by atoms with Gasteiger partial charge in [0.1, 0.15) is 40.7 Å². The summed E-state index contributed by atoms with van der Waals surface area (Å²) in [6.45, 7) is 7.36. The van der Waals surface area contributed by atoms with Crippen LogP contribution < -0.4 is 15.4 Å². The maximum Gasteiger partial charge on any atom is 0.261 e. The summed E-state index contributed by atoms with van der Waals surface area (Å²) in [4.78, 5) is 21.8. The number of nitrogens with one attached hydrogen (secondary N) is 2. The topological polar surface area (TPSA) is 101 Å². The number of pyridine rings is 2. The molecule has 3 aromatic heterocycles. The molecule has 0 aromatic carbocycles. The molecule has 1 amide bonds. The first-order chi connectivity index (χ1) is 14.8. The molecule has 1 aliphatic carbocycles. The van der Waals surface area contributed by atoms with E-state index >= 15 is 0 Å². The summed E-state index contributed by atoms with van der Waals surface area (Å²) < 4.78 is 7.80. The van der Waals surface area contributed by atoms with Crippen LogP contribution in [0.1, 0.15) is 38.6 Å². The third-order valence-electron chi connectivity index (χ3n) is 5.02. The van der Waals surface area contributed by atoms with Crippen LogP contribution in [0.15, 0.2) is 48.6 Å². The first kappa shape index (κ1) is 20.9. The summed E-state index contributed by atoms with van der Waals surface area (Å²) in [6, 6.07) is 7.40. The molecule has 0 bridgehead atoms. The van der Waals surface area contributed by atoms with Gasteiger partial charge in [0.15, 0.2) is 0 Å². The van der Waals surface area contributed by atoms with Gasteiger partial charge in [-0.05, 0) is 39.3 Å². The molecule has 3 aromatic rings. The predicted octanol–water partition coefficient (Wildman–Crippen LogP) is 3.35. The maximum absolute atomic E-state index is 13.2. The van der Waals surface area contributed by atoms with Gasteiger partial charge in [-0.3, -0.25) is 9.78 Å². The highest BCUT2D eigenvalue weighted by Gasteiger charge is 2.29. The van der Waals surface area contributed by atoms with Gasteiger partial charge in [-0.1, -0.05) is 6.07 Å². The van der Waals surface area contributed by atoms with Crippen molar-refractivity contribution >= 4 is 22.8 Å². The van der Waals surface area contributed by atoms with Crippen LogP contribution in [-0.4, -0.2) is 44.1 Å². The van der Waals surface area contributed by atoms with E-state index in [9.17, 15) is 9.90 Å². The minimum absolute atomic E-state index is 0.00453. The summed E-state index contributed by atoms with van der Waals surface area (Å²) >= 11 is 0. The first-order valence-corrected chi connectivity index (χ1v) is 10.3. The molecule has 0 aliphatic heterocycles. The molecule has 0 atom stereocenters. The van der Waals surface area contributed by atoms with Crippen LogP contribution in [0.5, 0.6) is 5.75 Å². The monoisotopic (exact) mass is 421 g/mol. The molecule has 4 rings (SSSR count). The van der Waals surface area contributed by atoms with Gasteiger partial charge < -0.3 is 24.9 Å². The zero-order chi connectivity index (χ0) is 22.0. The van der Waals surface area contributed by atoms with Gasteiger partial charge in [-0.2, -0.15) is 0 Å². The zero-order valence-electron chi connectivity index (χ0n) is 18.0. The molecule has 3 N–H and O–H groups in total. The quantitative estimate of drug-likeness (QED) is 0.528. The summed E-state index contributed by atoms with van der Waals surface area (Å²) in [5.74, 6) is 0.117. The van der Waals surface area contributed by atoms with Gasteiger partial charge in [0.25, 0.3) is 5.91 Å². The highest BCUT2D eigenvalue weighted by atomic mass is 16.5. The molecule has 0 unspecified atom stereocenters. The van der Waals surface area contributed by atoms with Crippen molar-refractivity contribution in [1.82, 2.24) is 19.7 Å². The minimum atomic E-state index is -0.437. The number of hydrogen-bond acceptors (Lipinski definition) is 6. The third-order valence-corrected chi connectivity index (χ3v) is 5.02. The van der Waals surface area contributed by atoms with E-state index in [1.807, 2.05) is 28.8 Å². The van der Waals surface area contributed by atoms with Crippen molar-refractivity contribution < 1.29 is 14.6 Å². The van der Waals surface area contributed by atoms with Crippen LogP contribution in [0.2, 0.25) is 0 Å². The Hall–Kier alpha value is -3.39. The number of rotatable bonds is 6. The van der Waals surface area contributed by atoms with E-state index in [0.29, 0.717) is 43.1 Å². The number of amides is 1. The van der Waals surface area contributed by atoms with Crippen molar-refractivity contribution in [3.05, 3.63) is 60.0 Å². The Bertz CT molecular complexity index is 1140. The smallest absolute Gasteiger partial charge is 0.261 e. The fraction of sp³-hybridized carbons (Fsp3) is 0.348. The molecule has 8 heteroatoms. The van der Waals surface area contributed by atoms with Gasteiger partial charge in [-0.15, -0.1) is 0 Å². The van der Waals surface area contributed by atoms with Crippen LogP contribution in [-0.2, 0) is 11.2 Å². The zero-order valence-corrected chi connectivity index (χ0v) is 18.0. The number of aromatic nitrogens is 3. The van der Waals surface area contributed by atoms with Gasteiger partial charge in [0.2, 0.25) is 0 Å². The highest BCUT2D eigenvalue weighted by molar-refractivity contribution is 6.26. The van der Waals surface area contributed by atoms with E-state index in [1.54, 1.807) is 12.3 Å². The summed E-state index contributed by atoms with van der Waals surface area (Å²) in [5, 5.41) is 16.7. The first-order valence-electron chi connectivity index (χ1n) is 10.3. The second-order valence-electron chi connectivity index (χ2n) is 8.51. The molecule has 0 saturated heterocycles. The Balaban J connectivity index is 1.54. The van der Waals surface area contributed by atoms with Gasteiger partial charge >= 0.3 is 0 Å². The van der Waals surface area contributed by atoms with Crippen LogP contribution in [0.4, 0.5) is 5.69 Å². The largest absolute Gasteiger partial charge is 0.511 e. The molecule has 3 heterocycles. The molecule has 31 heavy (non-hydrogen) atoms. The standard InChI is InChI=1S/C23H27N5O3/c1-23(2,3)25-11-13-31-18-9-10-24-14-15(18)26-22(30)20-17(29)8-7-16-21(20)27-19-6-4-5-12-28(16)19/h4-6,9-10,12,14,25,29H,7-8,11,13H2,1-3H3,(H,26,30). The van der Waals surface area contributed by atoms with Gasteiger partial charge in [-0.25, -0.2) is 4.98 Å². The second-order valence-corrected chi connectivity index (χ2v) is 8.51. The van der Waals surface area contributed by atoms with E-state index in [1.165, 1.54) is 6.20 Å². The minimum Gasteiger partial charge on any atom is -0.511 e. The third kappa shape index (κ3) is 4.54. The Morgan fingerprint density at radius 1 is 1.26 bits per heavy atom.